The molecule has 0 fully saturated rings. The average molecular weight is 566 g/mol. The molecule has 0 radical (unpaired) electrons. The predicted octanol–water partition coefficient (Wildman–Crippen LogP) is 6.55. The van der Waals surface area contributed by atoms with Gasteiger partial charge in [-0.25, -0.2) is 0 Å². The summed E-state index contributed by atoms with van der Waals surface area (Å²) in [5, 5.41) is 24.0. The molecule has 0 aliphatic heterocycles. The molecule has 0 unspecified atom stereocenters. The maximum absolute atomic E-state index is 5.95. The van der Waals surface area contributed by atoms with E-state index < -0.39 is 0 Å². The summed E-state index contributed by atoms with van der Waals surface area (Å²) in [4.78, 5) is 2.19. The first-order valence-corrected chi connectivity index (χ1v) is 12.9. The van der Waals surface area contributed by atoms with Crippen molar-refractivity contribution in [2.45, 2.75) is 12.8 Å². The number of rotatable bonds is 12. The minimum Gasteiger partial charge on any atom is -0.497 e. The van der Waals surface area contributed by atoms with Crippen molar-refractivity contribution < 1.29 is 13.6 Å². The molecule has 0 aliphatic rings. The molecule has 2 heterocycles. The number of methoxy groups -OCH3 is 1. The van der Waals surface area contributed by atoms with E-state index in [0.717, 1.165) is 22.8 Å². The van der Waals surface area contributed by atoms with E-state index in [1.54, 1.807) is 31.4 Å². The van der Waals surface area contributed by atoms with Gasteiger partial charge >= 0.3 is 12.0 Å². The molecule has 10 nitrogen and oxygen atoms in total. The Bertz CT molecular complexity index is 1380. The predicted molar refractivity (Wildman–Crippen MR) is 151 cm³/mol. The smallest absolute Gasteiger partial charge is 0.320 e. The standard InChI is InChI=1S/C27H25Cl2N7O3/c1-37-23-12-10-22(11-13-23)36(16-14-24-32-34-26(38-24)30-20-6-2-18(28)3-7-20)17-15-25-33-35-27(39-25)31-21-8-4-19(29)5-9-21/h2-13H,14-17H2,1H3,(H,30,34)(H,31,35). The number of anilines is 5. The normalized spacial score (nSPS) is 10.8. The lowest BCUT2D eigenvalue weighted by Gasteiger charge is -2.24. The molecule has 2 aromatic heterocycles. The zero-order valence-corrected chi connectivity index (χ0v) is 22.5. The minimum absolute atomic E-state index is 0.315. The number of ether oxygens (including phenoxy) is 1. The van der Waals surface area contributed by atoms with Crippen molar-refractivity contribution in [1.29, 1.82) is 0 Å². The summed E-state index contributed by atoms with van der Waals surface area (Å²) in [5.41, 5.74) is 2.62. The molecule has 200 valence electrons. The van der Waals surface area contributed by atoms with Crippen molar-refractivity contribution in [1.82, 2.24) is 20.4 Å². The van der Waals surface area contributed by atoms with E-state index in [1.807, 2.05) is 48.5 Å². The van der Waals surface area contributed by atoms with Crippen LogP contribution in [0.2, 0.25) is 10.0 Å². The molecule has 0 saturated heterocycles. The van der Waals surface area contributed by atoms with Gasteiger partial charge in [0.2, 0.25) is 11.8 Å². The van der Waals surface area contributed by atoms with Crippen molar-refractivity contribution in [3.05, 3.63) is 94.6 Å². The number of nitrogens with one attached hydrogen (secondary N) is 2. The van der Waals surface area contributed by atoms with E-state index in [9.17, 15) is 0 Å². The van der Waals surface area contributed by atoms with E-state index >= 15 is 0 Å². The summed E-state index contributed by atoms with van der Waals surface area (Å²) in [6.07, 6.45) is 1.07. The van der Waals surface area contributed by atoms with Crippen LogP contribution in [0.1, 0.15) is 11.8 Å². The Balaban J connectivity index is 1.22. The van der Waals surface area contributed by atoms with Gasteiger partial charge < -0.3 is 29.1 Å². The molecule has 39 heavy (non-hydrogen) atoms. The lowest BCUT2D eigenvalue weighted by molar-refractivity contribution is 0.415. The Hall–Kier alpha value is -4.28. The maximum Gasteiger partial charge on any atom is 0.320 e. The highest BCUT2D eigenvalue weighted by Gasteiger charge is 2.14. The summed E-state index contributed by atoms with van der Waals surface area (Å²) in [6, 6.07) is 23.0. The fraction of sp³-hybridized carbons (Fsp3) is 0.185. The zero-order chi connectivity index (χ0) is 27.0. The van der Waals surface area contributed by atoms with Gasteiger partial charge in [-0.1, -0.05) is 33.4 Å². The van der Waals surface area contributed by atoms with Crippen LogP contribution in [0, 0.1) is 0 Å². The second kappa shape index (κ2) is 12.5. The van der Waals surface area contributed by atoms with Crippen molar-refractivity contribution in [3.63, 3.8) is 0 Å². The number of halogens is 2. The van der Waals surface area contributed by atoms with E-state index in [1.165, 1.54) is 0 Å². The van der Waals surface area contributed by atoms with Gasteiger partial charge in [0.25, 0.3) is 0 Å². The maximum atomic E-state index is 5.95. The van der Waals surface area contributed by atoms with E-state index in [-0.39, 0.29) is 0 Å². The van der Waals surface area contributed by atoms with E-state index in [4.69, 9.17) is 36.8 Å². The monoisotopic (exact) mass is 565 g/mol. The molecule has 0 atom stereocenters. The van der Waals surface area contributed by atoms with Gasteiger partial charge in [0.15, 0.2) is 0 Å². The average Bonchev–Trinajstić information content (AvgIpc) is 3.60. The van der Waals surface area contributed by atoms with Gasteiger partial charge in [0, 0.05) is 53.0 Å². The Kier molecular flexibility index (Phi) is 8.45. The van der Waals surface area contributed by atoms with Gasteiger partial charge in [0.05, 0.1) is 7.11 Å². The third-order valence-corrected chi connectivity index (χ3v) is 6.26. The first-order valence-electron chi connectivity index (χ1n) is 12.1. The Labute approximate surface area is 234 Å². The van der Waals surface area contributed by atoms with Crippen molar-refractivity contribution >= 4 is 52.3 Å². The molecule has 0 amide bonds. The fourth-order valence-electron chi connectivity index (χ4n) is 3.75. The third kappa shape index (κ3) is 7.40. The van der Waals surface area contributed by atoms with E-state index in [2.05, 4.69) is 35.9 Å². The molecule has 5 rings (SSSR count). The molecule has 0 aliphatic carbocycles. The van der Waals surface area contributed by atoms with Gasteiger partial charge in [-0.2, -0.15) is 0 Å². The van der Waals surface area contributed by atoms with Crippen LogP contribution in [0.3, 0.4) is 0 Å². The summed E-state index contributed by atoms with van der Waals surface area (Å²) in [7, 11) is 1.64. The number of hydrogen-bond acceptors (Lipinski definition) is 10. The number of nitrogens with zero attached hydrogens (tertiary/aromatic N) is 5. The molecule has 0 spiro atoms. The third-order valence-electron chi connectivity index (χ3n) is 5.75. The summed E-state index contributed by atoms with van der Waals surface area (Å²) >= 11 is 11.9. The zero-order valence-electron chi connectivity index (χ0n) is 21.0. The lowest BCUT2D eigenvalue weighted by Crippen LogP contribution is -2.28. The molecule has 3 aromatic carbocycles. The van der Waals surface area contributed by atoms with Gasteiger partial charge in [0.1, 0.15) is 5.75 Å². The molecule has 0 bridgehead atoms. The minimum atomic E-state index is 0.315. The Morgan fingerprint density at radius 2 is 1.13 bits per heavy atom. The highest BCUT2D eigenvalue weighted by atomic mass is 35.5. The number of hydrogen-bond donors (Lipinski definition) is 2. The van der Waals surface area contributed by atoms with Gasteiger partial charge in [-0.3, -0.25) is 0 Å². The Morgan fingerprint density at radius 1 is 0.667 bits per heavy atom. The van der Waals surface area contributed by atoms with Crippen LogP contribution in [-0.4, -0.2) is 40.6 Å². The molecule has 12 heteroatoms. The van der Waals surface area contributed by atoms with Crippen LogP contribution in [0.25, 0.3) is 0 Å². The molecular formula is C27H25Cl2N7O3. The van der Waals surface area contributed by atoms with Crippen molar-refractivity contribution in [3.8, 4) is 5.75 Å². The SMILES string of the molecule is COc1ccc(N(CCc2nnc(Nc3ccc(Cl)cc3)o2)CCc2nnc(Nc3ccc(Cl)cc3)o2)cc1. The topological polar surface area (TPSA) is 114 Å². The van der Waals surface area contributed by atoms with Gasteiger partial charge in [-0.15, -0.1) is 10.2 Å². The largest absolute Gasteiger partial charge is 0.497 e. The summed E-state index contributed by atoms with van der Waals surface area (Å²) in [6.45, 7) is 1.25. The van der Waals surface area contributed by atoms with Crippen LogP contribution >= 0.6 is 23.2 Å². The van der Waals surface area contributed by atoms with Crippen LogP contribution in [-0.2, 0) is 12.8 Å². The van der Waals surface area contributed by atoms with Crippen molar-refractivity contribution in [2.75, 3.05) is 35.7 Å². The highest BCUT2D eigenvalue weighted by molar-refractivity contribution is 6.30. The molecule has 2 N–H and O–H groups in total. The first kappa shape index (κ1) is 26.3. The van der Waals surface area contributed by atoms with Crippen LogP contribution in [0.4, 0.5) is 29.1 Å². The number of benzene rings is 3. The van der Waals surface area contributed by atoms with Crippen LogP contribution in [0.15, 0.2) is 81.6 Å². The fourth-order valence-corrected chi connectivity index (χ4v) is 4.00. The second-order valence-corrected chi connectivity index (χ2v) is 9.32. The van der Waals surface area contributed by atoms with Crippen molar-refractivity contribution in [2.24, 2.45) is 0 Å². The summed E-state index contributed by atoms with van der Waals surface area (Å²) in [5.74, 6) is 1.80. The molecular weight excluding hydrogens is 541 g/mol. The molecule has 5 aromatic rings. The highest BCUT2D eigenvalue weighted by Crippen LogP contribution is 2.23. The molecule has 0 saturated carbocycles. The van der Waals surface area contributed by atoms with Crippen LogP contribution in [0.5, 0.6) is 5.75 Å². The summed E-state index contributed by atoms with van der Waals surface area (Å²) < 4.78 is 16.9. The number of aromatic nitrogens is 4. The van der Waals surface area contributed by atoms with Crippen LogP contribution < -0.4 is 20.3 Å². The first-order chi connectivity index (χ1) is 19.0. The Morgan fingerprint density at radius 3 is 1.56 bits per heavy atom. The van der Waals surface area contributed by atoms with Gasteiger partial charge in [-0.05, 0) is 72.8 Å². The second-order valence-electron chi connectivity index (χ2n) is 8.45. The lowest BCUT2D eigenvalue weighted by atomic mass is 10.2. The van der Waals surface area contributed by atoms with E-state index in [0.29, 0.717) is 59.8 Å². The quantitative estimate of drug-likeness (QED) is 0.172.